The number of Topliss-reactive ketones (excluding diaryl/α,β-unsaturated/α-hetero) is 1. The average molecular weight is 270 g/mol. The average Bonchev–Trinajstić information content (AvgIpc) is 2.26. The minimum absolute atomic E-state index is 0.587. The Morgan fingerprint density at radius 1 is 1.00 bits per heavy atom. The third-order valence-corrected chi connectivity index (χ3v) is 2.40. The van der Waals surface area contributed by atoms with E-state index in [0.29, 0.717) is 0 Å². The molecule has 0 amide bonds. The summed E-state index contributed by atoms with van der Waals surface area (Å²) in [6.45, 7) is 1.05. The minimum Gasteiger partial charge on any atom is -0.468 e. The van der Waals surface area contributed by atoms with E-state index >= 15 is 0 Å². The van der Waals surface area contributed by atoms with E-state index in [-0.39, 0.29) is 0 Å². The first-order valence-electron chi connectivity index (χ1n) is 4.86. The highest BCUT2D eigenvalue weighted by Gasteiger charge is 2.67. The van der Waals surface area contributed by atoms with Crippen LogP contribution in [0.1, 0.15) is 19.8 Å². The molecular weight excluding hydrogens is 257 g/mol. The van der Waals surface area contributed by atoms with Crippen LogP contribution < -0.4 is 0 Å². The second kappa shape index (κ2) is 5.83. The van der Waals surface area contributed by atoms with Crippen LogP contribution in [0.4, 0.5) is 13.2 Å². The Balaban J connectivity index is 5.63. The first kappa shape index (κ1) is 16.4. The summed E-state index contributed by atoms with van der Waals surface area (Å²) in [5, 5.41) is 0. The Hall–Kier alpha value is -1.60. The quantitative estimate of drug-likeness (QED) is 0.555. The number of halogens is 3. The van der Waals surface area contributed by atoms with Gasteiger partial charge in [0.25, 0.3) is 5.41 Å². The van der Waals surface area contributed by atoms with E-state index in [2.05, 4.69) is 9.47 Å². The first-order valence-corrected chi connectivity index (χ1v) is 4.86. The Labute approximate surface area is 101 Å². The summed E-state index contributed by atoms with van der Waals surface area (Å²) in [6, 6.07) is 0. The summed E-state index contributed by atoms with van der Waals surface area (Å²) < 4.78 is 47.0. The molecule has 0 spiro atoms. The van der Waals surface area contributed by atoms with Gasteiger partial charge >= 0.3 is 18.1 Å². The number of rotatable bonds is 5. The van der Waals surface area contributed by atoms with Crippen LogP contribution in [0.25, 0.3) is 0 Å². The molecule has 0 rings (SSSR count). The highest BCUT2D eigenvalue weighted by Crippen LogP contribution is 2.44. The van der Waals surface area contributed by atoms with Crippen molar-refractivity contribution >= 4 is 17.7 Å². The van der Waals surface area contributed by atoms with Crippen LogP contribution in [0.5, 0.6) is 0 Å². The zero-order chi connectivity index (χ0) is 14.6. The van der Waals surface area contributed by atoms with Crippen LogP contribution in [0.3, 0.4) is 0 Å². The highest BCUT2D eigenvalue weighted by atomic mass is 19.4. The van der Waals surface area contributed by atoms with Crippen molar-refractivity contribution in [2.45, 2.75) is 25.9 Å². The number of carbonyl (C=O) groups is 3. The molecule has 0 N–H and O–H groups in total. The standard InChI is InChI=1S/C10H13F3O5/c1-6(14)4-5-9(7(15)17-2,8(16)18-3)10(11,12)13/h4-5H2,1-3H3. The number of ketones is 1. The summed E-state index contributed by atoms with van der Waals surface area (Å²) in [4.78, 5) is 33.4. The van der Waals surface area contributed by atoms with E-state index in [1.807, 2.05) is 0 Å². The lowest BCUT2D eigenvalue weighted by molar-refractivity contribution is -0.240. The Morgan fingerprint density at radius 2 is 1.39 bits per heavy atom. The lowest BCUT2D eigenvalue weighted by Gasteiger charge is -2.29. The van der Waals surface area contributed by atoms with Crippen molar-refractivity contribution in [2.24, 2.45) is 5.41 Å². The van der Waals surface area contributed by atoms with E-state index in [0.717, 1.165) is 21.1 Å². The van der Waals surface area contributed by atoms with E-state index in [1.165, 1.54) is 0 Å². The molecule has 0 aromatic carbocycles. The van der Waals surface area contributed by atoms with Gasteiger partial charge in [0.2, 0.25) is 0 Å². The van der Waals surface area contributed by atoms with Gasteiger partial charge in [-0.1, -0.05) is 0 Å². The molecule has 0 aromatic rings. The number of alkyl halides is 3. The molecule has 0 atom stereocenters. The molecule has 104 valence electrons. The van der Waals surface area contributed by atoms with Gasteiger partial charge in [0.1, 0.15) is 5.78 Å². The normalized spacial score (nSPS) is 11.9. The summed E-state index contributed by atoms with van der Waals surface area (Å²) in [7, 11) is 1.44. The van der Waals surface area contributed by atoms with Gasteiger partial charge in [-0.25, -0.2) is 0 Å². The van der Waals surface area contributed by atoms with Crippen LogP contribution in [0.15, 0.2) is 0 Å². The van der Waals surface area contributed by atoms with Gasteiger partial charge in [-0.15, -0.1) is 0 Å². The molecule has 18 heavy (non-hydrogen) atoms. The number of ether oxygens (including phenoxy) is 2. The van der Waals surface area contributed by atoms with Crippen molar-refractivity contribution in [3.63, 3.8) is 0 Å². The topological polar surface area (TPSA) is 69.7 Å². The van der Waals surface area contributed by atoms with Crippen molar-refractivity contribution in [1.29, 1.82) is 0 Å². The lowest BCUT2D eigenvalue weighted by Crippen LogP contribution is -2.52. The van der Waals surface area contributed by atoms with Gasteiger partial charge in [-0.2, -0.15) is 13.2 Å². The maximum absolute atomic E-state index is 13.0. The van der Waals surface area contributed by atoms with E-state index in [9.17, 15) is 27.6 Å². The molecule has 0 radical (unpaired) electrons. The second-order valence-electron chi connectivity index (χ2n) is 3.59. The predicted octanol–water partition coefficient (Wildman–Crippen LogP) is 1.25. The summed E-state index contributed by atoms with van der Waals surface area (Å²) in [5.74, 6) is -4.16. The van der Waals surface area contributed by atoms with Crippen LogP contribution >= 0.6 is 0 Å². The number of hydrogen-bond acceptors (Lipinski definition) is 5. The number of methoxy groups -OCH3 is 2. The Kier molecular flexibility index (Phi) is 5.31. The number of carbonyl (C=O) groups excluding carboxylic acids is 3. The fourth-order valence-corrected chi connectivity index (χ4v) is 1.37. The van der Waals surface area contributed by atoms with E-state index in [1.54, 1.807) is 0 Å². The molecular formula is C10H13F3O5. The van der Waals surface area contributed by atoms with Gasteiger partial charge in [-0.3, -0.25) is 9.59 Å². The van der Waals surface area contributed by atoms with Crippen molar-refractivity contribution in [3.8, 4) is 0 Å². The van der Waals surface area contributed by atoms with Gasteiger partial charge < -0.3 is 14.3 Å². The van der Waals surface area contributed by atoms with Gasteiger partial charge in [-0.05, 0) is 13.3 Å². The molecule has 0 bridgehead atoms. The molecule has 0 heterocycles. The smallest absolute Gasteiger partial charge is 0.415 e. The maximum atomic E-state index is 13.0. The summed E-state index contributed by atoms with van der Waals surface area (Å²) in [6.07, 6.45) is -6.84. The molecule has 0 saturated heterocycles. The maximum Gasteiger partial charge on any atom is 0.415 e. The number of esters is 2. The molecule has 0 unspecified atom stereocenters. The highest BCUT2D eigenvalue weighted by molar-refractivity contribution is 6.01. The first-order chi connectivity index (χ1) is 8.13. The summed E-state index contributed by atoms with van der Waals surface area (Å²) in [5.41, 5.74) is -3.46. The Bertz CT molecular complexity index is 332. The lowest BCUT2D eigenvalue weighted by atomic mass is 9.81. The third kappa shape index (κ3) is 2.99. The van der Waals surface area contributed by atoms with Crippen LogP contribution in [0.2, 0.25) is 0 Å². The fourth-order valence-electron chi connectivity index (χ4n) is 1.37. The zero-order valence-electron chi connectivity index (χ0n) is 10.1. The predicted molar refractivity (Wildman–Crippen MR) is 52.4 cm³/mol. The van der Waals surface area contributed by atoms with Crippen LogP contribution in [0, 0.1) is 5.41 Å². The zero-order valence-corrected chi connectivity index (χ0v) is 10.1. The largest absolute Gasteiger partial charge is 0.468 e. The molecule has 0 aliphatic carbocycles. The molecule has 0 saturated carbocycles. The van der Waals surface area contributed by atoms with Gasteiger partial charge in [0.15, 0.2) is 0 Å². The fraction of sp³-hybridized carbons (Fsp3) is 0.700. The molecule has 0 aliphatic rings. The van der Waals surface area contributed by atoms with E-state index < -0.39 is 42.2 Å². The molecule has 0 aromatic heterocycles. The van der Waals surface area contributed by atoms with Gasteiger partial charge in [0.05, 0.1) is 14.2 Å². The minimum atomic E-state index is -5.21. The van der Waals surface area contributed by atoms with E-state index in [4.69, 9.17) is 0 Å². The van der Waals surface area contributed by atoms with Crippen molar-refractivity contribution in [1.82, 2.24) is 0 Å². The summed E-state index contributed by atoms with van der Waals surface area (Å²) >= 11 is 0. The molecule has 0 fully saturated rings. The number of hydrogen-bond donors (Lipinski definition) is 0. The third-order valence-electron chi connectivity index (χ3n) is 2.40. The van der Waals surface area contributed by atoms with Gasteiger partial charge in [0, 0.05) is 6.42 Å². The van der Waals surface area contributed by atoms with Crippen molar-refractivity contribution in [3.05, 3.63) is 0 Å². The Morgan fingerprint density at radius 3 is 1.61 bits per heavy atom. The molecule has 5 nitrogen and oxygen atoms in total. The monoisotopic (exact) mass is 270 g/mol. The van der Waals surface area contributed by atoms with Crippen molar-refractivity contribution < 1.29 is 37.0 Å². The van der Waals surface area contributed by atoms with Crippen LogP contribution in [-0.4, -0.2) is 38.1 Å². The van der Waals surface area contributed by atoms with Crippen molar-refractivity contribution in [2.75, 3.05) is 14.2 Å². The molecule has 8 heteroatoms. The molecule has 0 aliphatic heterocycles. The second-order valence-corrected chi connectivity index (χ2v) is 3.59. The van der Waals surface area contributed by atoms with Crippen LogP contribution in [-0.2, 0) is 23.9 Å². The SMILES string of the molecule is COC(=O)C(CCC(C)=O)(C(=O)OC)C(F)(F)F.